The maximum atomic E-state index is 5.54. The van der Waals surface area contributed by atoms with Crippen LogP contribution in [0.25, 0.3) is 0 Å². The predicted molar refractivity (Wildman–Crippen MR) is 110 cm³/mol. The van der Waals surface area contributed by atoms with Gasteiger partial charge in [-0.2, -0.15) is 4.98 Å². The van der Waals surface area contributed by atoms with Gasteiger partial charge in [0.2, 0.25) is 5.95 Å². The van der Waals surface area contributed by atoms with E-state index in [0.29, 0.717) is 6.04 Å². The first-order chi connectivity index (χ1) is 13.2. The number of hydrogen-bond acceptors (Lipinski definition) is 6. The van der Waals surface area contributed by atoms with Gasteiger partial charge in [0.15, 0.2) is 0 Å². The highest BCUT2D eigenvalue weighted by molar-refractivity contribution is 5.47. The molecular weight excluding hydrogens is 338 g/mol. The summed E-state index contributed by atoms with van der Waals surface area (Å²) in [5, 5.41) is 0. The molecule has 6 nitrogen and oxygen atoms in total. The number of rotatable bonds is 6. The minimum absolute atomic E-state index is 0.687. The molecule has 0 aromatic carbocycles. The molecule has 0 N–H and O–H groups in total. The molecule has 0 unspecified atom stereocenters. The Kier molecular flexibility index (Phi) is 6.13. The maximum Gasteiger partial charge on any atom is 0.227 e. The molecule has 3 saturated heterocycles. The minimum atomic E-state index is 0.687. The van der Waals surface area contributed by atoms with Crippen molar-refractivity contribution >= 4 is 11.8 Å². The molecule has 1 aromatic rings. The summed E-state index contributed by atoms with van der Waals surface area (Å²) in [4.78, 5) is 17.2. The topological polar surface area (TPSA) is 44.7 Å². The van der Waals surface area contributed by atoms with Gasteiger partial charge >= 0.3 is 0 Å². The van der Waals surface area contributed by atoms with Crippen LogP contribution in [0.5, 0.6) is 0 Å². The van der Waals surface area contributed by atoms with Gasteiger partial charge in [0, 0.05) is 57.1 Å². The van der Waals surface area contributed by atoms with Crippen LogP contribution < -0.4 is 9.80 Å². The smallest absolute Gasteiger partial charge is 0.227 e. The Bertz CT molecular complexity index is 605. The van der Waals surface area contributed by atoms with Crippen LogP contribution in [-0.4, -0.2) is 73.9 Å². The Morgan fingerprint density at radius 1 is 1.07 bits per heavy atom. The number of hydrogen-bond donors (Lipinski definition) is 0. The second kappa shape index (κ2) is 8.74. The average Bonchev–Trinajstić information content (AvgIpc) is 3.42. The molecule has 3 fully saturated rings. The lowest BCUT2D eigenvalue weighted by atomic mass is 10.0. The first-order valence-corrected chi connectivity index (χ1v) is 10.9. The Balaban J connectivity index is 1.37. The fourth-order valence-electron chi connectivity index (χ4n) is 4.69. The normalized spacial score (nSPS) is 24.3. The van der Waals surface area contributed by atoms with Crippen molar-refractivity contribution in [2.45, 2.75) is 51.5 Å². The van der Waals surface area contributed by atoms with Crippen LogP contribution in [0.15, 0.2) is 6.07 Å². The van der Waals surface area contributed by atoms with Crippen molar-refractivity contribution in [2.24, 2.45) is 5.92 Å². The number of aryl methyl sites for hydroxylation is 1. The molecule has 150 valence electrons. The molecule has 1 aromatic heterocycles. The van der Waals surface area contributed by atoms with Crippen molar-refractivity contribution in [3.8, 4) is 0 Å². The molecule has 0 spiro atoms. The molecule has 0 amide bonds. The number of anilines is 2. The SMILES string of the molecule is CCc1cc(N2CCC(N(C)C[C@H]3CCOC3)CC2)nc(N2CCCC2)n1. The van der Waals surface area contributed by atoms with Crippen LogP contribution in [-0.2, 0) is 11.2 Å². The van der Waals surface area contributed by atoms with Gasteiger partial charge in [0.25, 0.3) is 0 Å². The fraction of sp³-hybridized carbons (Fsp3) is 0.810. The number of piperidine rings is 1. The van der Waals surface area contributed by atoms with Crippen LogP contribution in [0.1, 0.15) is 44.7 Å². The van der Waals surface area contributed by atoms with E-state index >= 15 is 0 Å². The van der Waals surface area contributed by atoms with Gasteiger partial charge in [-0.1, -0.05) is 6.92 Å². The van der Waals surface area contributed by atoms with E-state index in [1.54, 1.807) is 0 Å². The minimum Gasteiger partial charge on any atom is -0.381 e. The standard InChI is InChI=1S/C21H35N5O/c1-3-18-14-20(23-21(22-18)26-9-4-5-10-26)25-11-6-19(7-12-25)24(2)15-17-8-13-27-16-17/h14,17,19H,3-13,15-16H2,1-2H3/t17-/m1/s1. The van der Waals surface area contributed by atoms with Crippen LogP contribution in [0.4, 0.5) is 11.8 Å². The first-order valence-electron chi connectivity index (χ1n) is 10.9. The van der Waals surface area contributed by atoms with Gasteiger partial charge < -0.3 is 19.4 Å². The molecule has 3 aliphatic rings. The second-order valence-electron chi connectivity index (χ2n) is 8.45. The quantitative estimate of drug-likeness (QED) is 0.764. The van der Waals surface area contributed by atoms with Gasteiger partial charge in [-0.05, 0) is 51.5 Å². The van der Waals surface area contributed by atoms with Crippen LogP contribution >= 0.6 is 0 Å². The largest absolute Gasteiger partial charge is 0.381 e. The van der Waals surface area contributed by atoms with E-state index < -0.39 is 0 Å². The van der Waals surface area contributed by atoms with E-state index in [1.807, 2.05) is 0 Å². The molecule has 0 bridgehead atoms. The van der Waals surface area contributed by atoms with E-state index in [0.717, 1.165) is 63.5 Å². The zero-order valence-electron chi connectivity index (χ0n) is 17.1. The van der Waals surface area contributed by atoms with Gasteiger partial charge in [0.05, 0.1) is 6.61 Å². The second-order valence-corrected chi connectivity index (χ2v) is 8.45. The van der Waals surface area contributed by atoms with E-state index in [1.165, 1.54) is 44.3 Å². The highest BCUT2D eigenvalue weighted by Gasteiger charge is 2.27. The summed E-state index contributed by atoms with van der Waals surface area (Å²) >= 11 is 0. The zero-order valence-corrected chi connectivity index (χ0v) is 17.1. The van der Waals surface area contributed by atoms with E-state index in [9.17, 15) is 0 Å². The lowest BCUT2D eigenvalue weighted by Gasteiger charge is -2.38. The molecule has 0 aliphatic carbocycles. The molecule has 3 aliphatic heterocycles. The number of ether oxygens (including phenoxy) is 1. The summed E-state index contributed by atoms with van der Waals surface area (Å²) in [5.74, 6) is 2.81. The lowest BCUT2D eigenvalue weighted by Crippen LogP contribution is -2.45. The van der Waals surface area contributed by atoms with E-state index in [2.05, 4.69) is 34.7 Å². The zero-order chi connectivity index (χ0) is 18.6. The highest BCUT2D eigenvalue weighted by atomic mass is 16.5. The highest BCUT2D eigenvalue weighted by Crippen LogP contribution is 2.26. The molecular formula is C21H35N5O. The van der Waals surface area contributed by atoms with Crippen molar-refractivity contribution in [1.82, 2.24) is 14.9 Å². The maximum absolute atomic E-state index is 5.54. The summed E-state index contributed by atoms with van der Waals surface area (Å²) in [6, 6.07) is 2.90. The molecule has 1 atom stereocenters. The molecule has 0 radical (unpaired) electrons. The van der Waals surface area contributed by atoms with Crippen molar-refractivity contribution in [2.75, 3.05) is 62.8 Å². The average molecular weight is 374 g/mol. The first kappa shape index (κ1) is 18.9. The van der Waals surface area contributed by atoms with Crippen LogP contribution in [0.3, 0.4) is 0 Å². The summed E-state index contributed by atoms with van der Waals surface area (Å²) in [6.07, 6.45) is 7.16. The number of nitrogens with zero attached hydrogens (tertiary/aromatic N) is 5. The monoisotopic (exact) mass is 373 g/mol. The molecule has 4 heterocycles. The Morgan fingerprint density at radius 2 is 1.85 bits per heavy atom. The Morgan fingerprint density at radius 3 is 2.52 bits per heavy atom. The Hall–Kier alpha value is -1.40. The van der Waals surface area contributed by atoms with Crippen molar-refractivity contribution in [1.29, 1.82) is 0 Å². The molecule has 4 rings (SSSR count). The fourth-order valence-corrected chi connectivity index (χ4v) is 4.69. The van der Waals surface area contributed by atoms with Crippen LogP contribution in [0.2, 0.25) is 0 Å². The van der Waals surface area contributed by atoms with Crippen molar-refractivity contribution < 1.29 is 4.74 Å². The lowest BCUT2D eigenvalue weighted by molar-refractivity contribution is 0.150. The number of aromatic nitrogens is 2. The predicted octanol–water partition coefficient (Wildman–Crippen LogP) is 2.58. The summed E-state index contributed by atoms with van der Waals surface area (Å²) < 4.78 is 5.54. The van der Waals surface area contributed by atoms with E-state index in [4.69, 9.17) is 14.7 Å². The van der Waals surface area contributed by atoms with Gasteiger partial charge in [-0.15, -0.1) is 0 Å². The van der Waals surface area contributed by atoms with Gasteiger partial charge in [-0.3, -0.25) is 0 Å². The summed E-state index contributed by atoms with van der Waals surface area (Å²) in [7, 11) is 2.30. The summed E-state index contributed by atoms with van der Waals surface area (Å²) in [6.45, 7) is 9.65. The van der Waals surface area contributed by atoms with Gasteiger partial charge in [0.1, 0.15) is 5.82 Å². The third-order valence-electron chi connectivity index (χ3n) is 6.49. The molecule has 27 heavy (non-hydrogen) atoms. The Labute approximate surface area is 163 Å². The van der Waals surface area contributed by atoms with Crippen molar-refractivity contribution in [3.63, 3.8) is 0 Å². The third kappa shape index (κ3) is 4.54. The molecule has 0 saturated carbocycles. The van der Waals surface area contributed by atoms with Crippen molar-refractivity contribution in [3.05, 3.63) is 11.8 Å². The molecule has 6 heteroatoms. The van der Waals surface area contributed by atoms with Gasteiger partial charge in [-0.25, -0.2) is 4.98 Å². The third-order valence-corrected chi connectivity index (χ3v) is 6.49. The summed E-state index contributed by atoms with van der Waals surface area (Å²) in [5.41, 5.74) is 1.17. The van der Waals surface area contributed by atoms with E-state index in [-0.39, 0.29) is 0 Å². The van der Waals surface area contributed by atoms with Crippen LogP contribution in [0, 0.1) is 5.92 Å².